The van der Waals surface area contributed by atoms with Gasteiger partial charge < -0.3 is 23.7 Å². The number of hydrogen-bond acceptors (Lipinski definition) is 7. The molecule has 0 spiro atoms. The number of carbonyl (C=O) groups excluding carboxylic acids is 2. The molecule has 1 aromatic heterocycles. The highest BCUT2D eigenvalue weighted by Crippen LogP contribution is 2.28. The summed E-state index contributed by atoms with van der Waals surface area (Å²) < 4.78 is 16.1. The molecular weight excluding hydrogens is 514 g/mol. The molecule has 0 bridgehead atoms. The molecule has 3 aromatic rings. The lowest BCUT2D eigenvalue weighted by Gasteiger charge is -2.30. The number of halogens is 1. The zero-order chi connectivity index (χ0) is 27.8. The average Bonchev–Trinajstić information content (AvgIpc) is 3.42. The molecule has 11 heteroatoms. The van der Waals surface area contributed by atoms with Crippen LogP contribution >= 0.6 is 11.6 Å². The third-order valence-electron chi connectivity index (χ3n) is 5.98. The van der Waals surface area contributed by atoms with Crippen molar-refractivity contribution in [2.45, 2.75) is 32.9 Å². The summed E-state index contributed by atoms with van der Waals surface area (Å²) in [7, 11) is 3.12. The fourth-order valence-corrected chi connectivity index (χ4v) is 4.06. The summed E-state index contributed by atoms with van der Waals surface area (Å²) >= 11 is 5.90. The second-order valence-electron chi connectivity index (χ2n) is 8.78. The minimum atomic E-state index is -0.650. The monoisotopic (exact) mass is 543 g/mol. The van der Waals surface area contributed by atoms with Crippen LogP contribution in [0, 0.1) is 10.1 Å². The Morgan fingerprint density at radius 3 is 2.42 bits per heavy atom. The molecule has 38 heavy (non-hydrogen) atoms. The topological polar surface area (TPSA) is 115 Å². The van der Waals surface area contributed by atoms with E-state index in [0.717, 1.165) is 11.6 Å². The Morgan fingerprint density at radius 2 is 1.82 bits per heavy atom. The minimum absolute atomic E-state index is 0.0708. The van der Waals surface area contributed by atoms with Gasteiger partial charge in [-0.25, -0.2) is 0 Å². The molecule has 202 valence electrons. The number of rotatable bonds is 12. The third kappa shape index (κ3) is 7.04. The minimum Gasteiger partial charge on any atom is -0.493 e. The summed E-state index contributed by atoms with van der Waals surface area (Å²) in [6.07, 6.45) is 2.05. The van der Waals surface area contributed by atoms with E-state index in [-0.39, 0.29) is 41.3 Å². The summed E-state index contributed by atoms with van der Waals surface area (Å²) in [5.74, 6) is 0.982. The van der Waals surface area contributed by atoms with Crippen LogP contribution in [0.4, 0.5) is 5.69 Å². The average molecular weight is 544 g/mol. The van der Waals surface area contributed by atoms with Crippen LogP contribution in [-0.4, -0.2) is 59.9 Å². The van der Waals surface area contributed by atoms with Gasteiger partial charge in [0.2, 0.25) is 5.91 Å². The maximum absolute atomic E-state index is 13.5. The largest absolute Gasteiger partial charge is 0.493 e. The van der Waals surface area contributed by atoms with Crippen LogP contribution in [-0.2, 0) is 17.8 Å². The summed E-state index contributed by atoms with van der Waals surface area (Å²) in [5.41, 5.74) is 0.637. The molecule has 0 unspecified atom stereocenters. The van der Waals surface area contributed by atoms with Gasteiger partial charge in [-0.05, 0) is 62.2 Å². The van der Waals surface area contributed by atoms with Gasteiger partial charge in [0.1, 0.15) is 17.3 Å². The highest BCUT2D eigenvalue weighted by Gasteiger charge is 2.27. The van der Waals surface area contributed by atoms with E-state index < -0.39 is 10.8 Å². The first kappa shape index (κ1) is 28.5. The molecule has 1 heterocycles. The second-order valence-corrected chi connectivity index (χ2v) is 9.19. The number of methoxy groups -OCH3 is 2. The molecule has 2 aromatic carbocycles. The second kappa shape index (κ2) is 13.0. The van der Waals surface area contributed by atoms with Crippen molar-refractivity contribution in [2.24, 2.45) is 0 Å². The molecule has 0 fully saturated rings. The third-order valence-corrected chi connectivity index (χ3v) is 6.30. The van der Waals surface area contributed by atoms with Gasteiger partial charge in [0.15, 0.2) is 11.5 Å². The van der Waals surface area contributed by atoms with Crippen molar-refractivity contribution >= 4 is 29.1 Å². The van der Waals surface area contributed by atoms with Crippen molar-refractivity contribution in [1.29, 1.82) is 0 Å². The molecule has 0 atom stereocenters. The Morgan fingerprint density at radius 1 is 1.08 bits per heavy atom. The number of carbonyl (C=O) groups is 2. The van der Waals surface area contributed by atoms with Crippen molar-refractivity contribution in [2.75, 3.05) is 27.3 Å². The fourth-order valence-electron chi connectivity index (χ4n) is 3.87. The SMILES string of the molecule is COc1ccc(CCN(Cc2ccco2)C(=O)CN(C(=O)c2ccc(Cl)c([N+](=O)[O-])c2)C(C)C)cc1OC. The van der Waals surface area contributed by atoms with Gasteiger partial charge in [0.25, 0.3) is 11.6 Å². The van der Waals surface area contributed by atoms with Gasteiger partial charge >= 0.3 is 0 Å². The molecule has 0 aliphatic heterocycles. The molecule has 0 N–H and O–H groups in total. The van der Waals surface area contributed by atoms with Gasteiger partial charge in [-0.1, -0.05) is 17.7 Å². The van der Waals surface area contributed by atoms with Crippen LogP contribution in [0.3, 0.4) is 0 Å². The number of hydrogen-bond donors (Lipinski definition) is 0. The number of nitrogens with zero attached hydrogens (tertiary/aromatic N) is 3. The van der Waals surface area contributed by atoms with E-state index in [1.54, 1.807) is 51.2 Å². The number of nitro groups is 1. The van der Waals surface area contributed by atoms with Crippen LogP contribution in [0.25, 0.3) is 0 Å². The molecule has 10 nitrogen and oxygen atoms in total. The van der Waals surface area contributed by atoms with Gasteiger partial charge in [-0.15, -0.1) is 0 Å². The number of benzene rings is 2. The van der Waals surface area contributed by atoms with Crippen molar-refractivity contribution < 1.29 is 28.4 Å². The lowest BCUT2D eigenvalue weighted by atomic mass is 10.1. The molecular formula is C27H30ClN3O7. The van der Waals surface area contributed by atoms with Crippen LogP contribution in [0.15, 0.2) is 59.2 Å². The quantitative estimate of drug-likeness (QED) is 0.234. The fraction of sp³-hybridized carbons (Fsp3) is 0.333. The van der Waals surface area contributed by atoms with E-state index in [4.69, 9.17) is 25.5 Å². The van der Waals surface area contributed by atoms with Crippen molar-refractivity contribution in [3.63, 3.8) is 0 Å². The van der Waals surface area contributed by atoms with E-state index in [1.165, 1.54) is 23.3 Å². The first-order valence-electron chi connectivity index (χ1n) is 11.9. The maximum atomic E-state index is 13.5. The smallest absolute Gasteiger partial charge is 0.288 e. The molecule has 0 saturated carbocycles. The Hall–Kier alpha value is -4.05. The molecule has 0 saturated heterocycles. The maximum Gasteiger partial charge on any atom is 0.288 e. The summed E-state index contributed by atoms with van der Waals surface area (Å²) in [4.78, 5) is 40.4. The van der Waals surface area contributed by atoms with E-state index in [2.05, 4.69) is 0 Å². The lowest BCUT2D eigenvalue weighted by Crippen LogP contribution is -2.46. The van der Waals surface area contributed by atoms with Crippen molar-refractivity contribution in [3.8, 4) is 11.5 Å². The Balaban J connectivity index is 1.81. The number of amides is 2. The summed E-state index contributed by atoms with van der Waals surface area (Å²) in [5, 5.41) is 11.2. The van der Waals surface area contributed by atoms with Gasteiger partial charge in [-0.2, -0.15) is 0 Å². The highest BCUT2D eigenvalue weighted by atomic mass is 35.5. The lowest BCUT2D eigenvalue weighted by molar-refractivity contribution is -0.384. The predicted octanol–water partition coefficient (Wildman–Crippen LogP) is 4.98. The first-order chi connectivity index (χ1) is 18.1. The summed E-state index contributed by atoms with van der Waals surface area (Å²) in [6, 6.07) is 12.6. The van der Waals surface area contributed by atoms with E-state index in [9.17, 15) is 19.7 Å². The molecule has 2 amide bonds. The first-order valence-corrected chi connectivity index (χ1v) is 12.3. The van der Waals surface area contributed by atoms with Crippen molar-refractivity contribution in [3.05, 3.63) is 86.8 Å². The van der Waals surface area contributed by atoms with Crippen LogP contribution in [0.1, 0.15) is 35.5 Å². The van der Waals surface area contributed by atoms with Gasteiger partial charge in [0, 0.05) is 24.2 Å². The number of ether oxygens (including phenoxy) is 2. The molecule has 3 rings (SSSR count). The van der Waals surface area contributed by atoms with Crippen LogP contribution in [0.5, 0.6) is 11.5 Å². The molecule has 0 radical (unpaired) electrons. The van der Waals surface area contributed by atoms with E-state index >= 15 is 0 Å². The molecule has 0 aliphatic carbocycles. The molecule has 0 aliphatic rings. The Bertz CT molecular complexity index is 1280. The van der Waals surface area contributed by atoms with Gasteiger partial charge in [-0.3, -0.25) is 19.7 Å². The van der Waals surface area contributed by atoms with Crippen LogP contribution in [0.2, 0.25) is 5.02 Å². The van der Waals surface area contributed by atoms with Crippen molar-refractivity contribution in [1.82, 2.24) is 9.80 Å². The van der Waals surface area contributed by atoms with Crippen LogP contribution < -0.4 is 9.47 Å². The zero-order valence-electron chi connectivity index (χ0n) is 21.7. The Labute approximate surface area is 225 Å². The predicted molar refractivity (Wildman–Crippen MR) is 142 cm³/mol. The Kier molecular flexibility index (Phi) is 9.72. The van der Waals surface area contributed by atoms with Gasteiger partial charge in [0.05, 0.1) is 32.0 Å². The summed E-state index contributed by atoms with van der Waals surface area (Å²) in [6.45, 7) is 3.89. The normalized spacial score (nSPS) is 10.8. The highest BCUT2D eigenvalue weighted by molar-refractivity contribution is 6.32. The van der Waals surface area contributed by atoms with E-state index in [0.29, 0.717) is 30.2 Å². The zero-order valence-corrected chi connectivity index (χ0v) is 22.4. The number of furan rings is 1. The number of nitro benzene ring substituents is 1. The van der Waals surface area contributed by atoms with E-state index in [1.807, 2.05) is 12.1 Å². The standard InChI is InChI=1S/C27H30ClN3O7/c1-18(2)30(27(33)20-8-9-22(28)23(15-20)31(34)35)17-26(32)29(16-21-6-5-13-38-21)12-11-19-7-10-24(36-3)25(14-19)37-4/h5-10,13-15,18H,11-12,16-17H2,1-4H3.